The summed E-state index contributed by atoms with van der Waals surface area (Å²) < 4.78 is 5.33. The van der Waals surface area contributed by atoms with Crippen molar-refractivity contribution in [2.45, 2.75) is 77.6 Å². The van der Waals surface area contributed by atoms with Crippen molar-refractivity contribution in [3.05, 3.63) is 89.5 Å². The number of carbonyl (C=O) groups is 5. The number of ether oxygens (including phenoxy) is 1. The van der Waals surface area contributed by atoms with Gasteiger partial charge in [0, 0.05) is 23.2 Å². The molecule has 46 heavy (non-hydrogen) atoms. The van der Waals surface area contributed by atoms with Crippen LogP contribution in [0.1, 0.15) is 68.9 Å². The number of benzene rings is 3. The molecular formula is C35H41N5O6. The number of fused-ring (bicyclic) bond motifs is 1. The summed E-state index contributed by atoms with van der Waals surface area (Å²) in [5, 5.41) is 5.65. The van der Waals surface area contributed by atoms with E-state index in [9.17, 15) is 24.0 Å². The summed E-state index contributed by atoms with van der Waals surface area (Å²) in [5.41, 5.74) is 7.42. The number of carbonyl (C=O) groups excluding carboxylic acids is 5. The monoisotopic (exact) mass is 627 g/mol. The van der Waals surface area contributed by atoms with E-state index in [1.807, 2.05) is 60.7 Å². The van der Waals surface area contributed by atoms with Gasteiger partial charge in [0.05, 0.1) is 6.54 Å². The van der Waals surface area contributed by atoms with Crippen LogP contribution >= 0.6 is 0 Å². The van der Waals surface area contributed by atoms with Gasteiger partial charge in [0.2, 0.25) is 18.2 Å². The molecule has 242 valence electrons. The fourth-order valence-electron chi connectivity index (χ4n) is 5.35. The topological polar surface area (TPSA) is 146 Å². The zero-order chi connectivity index (χ0) is 33.5. The number of hydrazine groups is 1. The summed E-state index contributed by atoms with van der Waals surface area (Å²) >= 11 is 0. The summed E-state index contributed by atoms with van der Waals surface area (Å²) in [6, 6.07) is 21.5. The Morgan fingerprint density at radius 1 is 0.935 bits per heavy atom. The first-order valence-corrected chi connectivity index (χ1v) is 15.1. The average molecular weight is 628 g/mol. The van der Waals surface area contributed by atoms with Crippen molar-refractivity contribution in [3.63, 3.8) is 0 Å². The molecule has 3 aromatic carbocycles. The van der Waals surface area contributed by atoms with Crippen LogP contribution in [0.2, 0.25) is 0 Å². The summed E-state index contributed by atoms with van der Waals surface area (Å²) in [6.45, 7) is 9.00. The van der Waals surface area contributed by atoms with Crippen molar-refractivity contribution in [1.82, 2.24) is 21.5 Å². The van der Waals surface area contributed by atoms with Crippen LogP contribution in [-0.2, 0) is 32.1 Å². The number of alkyl carbamates (subject to hydrolysis) is 1. The Kier molecular flexibility index (Phi) is 10.5. The molecule has 0 fully saturated rings. The largest absolute Gasteiger partial charge is 0.444 e. The number of hydrogen-bond donors (Lipinski definition) is 4. The van der Waals surface area contributed by atoms with Gasteiger partial charge in [-0.15, -0.1) is 0 Å². The Hall–Kier alpha value is -5.19. The highest BCUT2D eigenvalue weighted by molar-refractivity contribution is 6.01. The number of hydrogen-bond acceptors (Lipinski definition) is 6. The molecule has 0 aliphatic carbocycles. The maximum atomic E-state index is 14.0. The standard InChI is InChI=1S/C35H41N5O6/c1-34(2,3)46-33(45)38-35(4,5)20-30(42)37-28-19-18-25-10-6-9-13-29(25)40(32(28)44)21-23-14-16-24(17-15-23)26-11-7-8-12-27(26)31(43)39-36-22-41/h6-17,22,28H,18-21H2,1-5H3,(H,36,41)(H,37,42)(H,38,45)(H,39,43)/t28-/m1/s1. The van der Waals surface area contributed by atoms with Gasteiger partial charge >= 0.3 is 6.09 Å². The van der Waals surface area contributed by atoms with Crippen LogP contribution in [0.3, 0.4) is 0 Å². The van der Waals surface area contributed by atoms with Crippen molar-refractivity contribution in [2.75, 3.05) is 4.90 Å². The van der Waals surface area contributed by atoms with E-state index < -0.39 is 29.2 Å². The first-order chi connectivity index (χ1) is 21.8. The summed E-state index contributed by atoms with van der Waals surface area (Å²) in [7, 11) is 0. The predicted octanol–water partition coefficient (Wildman–Crippen LogP) is 4.40. The molecule has 3 aromatic rings. The van der Waals surface area contributed by atoms with Gasteiger partial charge in [-0.3, -0.25) is 30.0 Å². The molecule has 0 aromatic heterocycles. The highest BCUT2D eigenvalue weighted by Gasteiger charge is 2.33. The SMILES string of the molecule is CC(C)(CC(=O)N[C@@H]1CCc2ccccc2N(Cc2ccc(-c3ccccc3C(=O)NNC=O)cc2)C1=O)NC(=O)OC(C)(C)C. The zero-order valence-corrected chi connectivity index (χ0v) is 26.8. The van der Waals surface area contributed by atoms with Crippen molar-refractivity contribution >= 4 is 35.9 Å². The molecule has 0 bridgehead atoms. The third-order valence-electron chi connectivity index (χ3n) is 7.35. The Balaban J connectivity index is 1.50. The van der Waals surface area contributed by atoms with Gasteiger partial charge in [0.15, 0.2) is 0 Å². The summed E-state index contributed by atoms with van der Waals surface area (Å²) in [5.74, 6) is -1.04. The normalized spacial score (nSPS) is 14.8. The fraction of sp³-hybridized carbons (Fsp3) is 0.343. The van der Waals surface area contributed by atoms with Crippen LogP contribution in [0, 0.1) is 0 Å². The van der Waals surface area contributed by atoms with Gasteiger partial charge in [-0.2, -0.15) is 0 Å². The quantitative estimate of drug-likeness (QED) is 0.194. The second kappa shape index (κ2) is 14.3. The average Bonchev–Trinajstić information content (AvgIpc) is 3.11. The number of nitrogens with zero attached hydrogens (tertiary/aromatic N) is 1. The minimum absolute atomic E-state index is 0.0465. The highest BCUT2D eigenvalue weighted by atomic mass is 16.6. The second-order valence-corrected chi connectivity index (χ2v) is 12.9. The smallest absolute Gasteiger partial charge is 0.408 e. The molecule has 5 amide bonds. The molecule has 0 saturated heterocycles. The molecule has 0 radical (unpaired) electrons. The van der Waals surface area contributed by atoms with Gasteiger partial charge in [-0.25, -0.2) is 4.79 Å². The molecule has 1 atom stereocenters. The first kappa shape index (κ1) is 33.7. The minimum Gasteiger partial charge on any atom is -0.444 e. The third kappa shape index (κ3) is 8.93. The number of nitrogens with one attached hydrogen (secondary N) is 4. The number of rotatable bonds is 10. The first-order valence-electron chi connectivity index (χ1n) is 15.1. The van der Waals surface area contributed by atoms with Crippen molar-refractivity contribution in [1.29, 1.82) is 0 Å². The van der Waals surface area contributed by atoms with Crippen molar-refractivity contribution in [3.8, 4) is 11.1 Å². The maximum Gasteiger partial charge on any atom is 0.408 e. The number of para-hydroxylation sites is 1. The third-order valence-corrected chi connectivity index (χ3v) is 7.35. The molecule has 0 saturated carbocycles. The number of amides is 5. The lowest BCUT2D eigenvalue weighted by molar-refractivity contribution is -0.128. The Labute approximate surface area is 269 Å². The molecular weight excluding hydrogens is 586 g/mol. The maximum absolute atomic E-state index is 14.0. The second-order valence-electron chi connectivity index (χ2n) is 12.9. The van der Waals surface area contributed by atoms with Gasteiger partial charge < -0.3 is 20.3 Å². The Bertz CT molecular complexity index is 1600. The van der Waals surface area contributed by atoms with Crippen LogP contribution < -0.4 is 26.4 Å². The van der Waals surface area contributed by atoms with Gasteiger partial charge in [-0.05, 0) is 81.8 Å². The van der Waals surface area contributed by atoms with E-state index in [4.69, 9.17) is 4.74 Å². The predicted molar refractivity (Wildman–Crippen MR) is 174 cm³/mol. The van der Waals surface area contributed by atoms with E-state index in [-0.39, 0.29) is 24.8 Å². The van der Waals surface area contributed by atoms with Gasteiger partial charge in [0.25, 0.3) is 5.91 Å². The van der Waals surface area contributed by atoms with Crippen LogP contribution in [0.4, 0.5) is 10.5 Å². The van der Waals surface area contributed by atoms with E-state index in [1.165, 1.54) is 0 Å². The summed E-state index contributed by atoms with van der Waals surface area (Å²) in [6.07, 6.45) is 0.743. The van der Waals surface area contributed by atoms with Gasteiger partial charge in [-0.1, -0.05) is 60.7 Å². The van der Waals surface area contributed by atoms with Crippen LogP contribution in [0.5, 0.6) is 0 Å². The van der Waals surface area contributed by atoms with E-state index in [2.05, 4.69) is 21.5 Å². The van der Waals surface area contributed by atoms with E-state index in [0.717, 1.165) is 22.4 Å². The molecule has 1 heterocycles. The molecule has 1 aliphatic heterocycles. The molecule has 0 spiro atoms. The van der Waals surface area contributed by atoms with Crippen LogP contribution in [0.25, 0.3) is 11.1 Å². The molecule has 11 nitrogen and oxygen atoms in total. The molecule has 11 heteroatoms. The Morgan fingerprint density at radius 2 is 1.61 bits per heavy atom. The van der Waals surface area contributed by atoms with Crippen LogP contribution in [0.15, 0.2) is 72.8 Å². The van der Waals surface area contributed by atoms with E-state index in [1.54, 1.807) is 51.7 Å². The molecule has 1 aliphatic rings. The molecule has 0 unspecified atom stereocenters. The van der Waals surface area contributed by atoms with Gasteiger partial charge in [0.1, 0.15) is 11.6 Å². The van der Waals surface area contributed by atoms with Crippen molar-refractivity contribution < 1.29 is 28.7 Å². The lowest BCUT2D eigenvalue weighted by Crippen LogP contribution is -2.52. The lowest BCUT2D eigenvalue weighted by atomic mass is 9.98. The zero-order valence-electron chi connectivity index (χ0n) is 26.8. The molecule has 4 rings (SSSR count). The van der Waals surface area contributed by atoms with E-state index in [0.29, 0.717) is 30.4 Å². The number of aryl methyl sites for hydroxylation is 1. The Morgan fingerprint density at radius 3 is 2.30 bits per heavy atom. The highest BCUT2D eigenvalue weighted by Crippen LogP contribution is 2.30. The fourth-order valence-corrected chi connectivity index (χ4v) is 5.35. The molecule has 4 N–H and O–H groups in total. The lowest BCUT2D eigenvalue weighted by Gasteiger charge is -2.29. The summed E-state index contributed by atoms with van der Waals surface area (Å²) in [4.78, 5) is 64.4. The van der Waals surface area contributed by atoms with Crippen molar-refractivity contribution in [2.24, 2.45) is 0 Å². The number of anilines is 1. The minimum atomic E-state index is -0.908. The van der Waals surface area contributed by atoms with E-state index >= 15 is 0 Å². The van der Waals surface area contributed by atoms with Crippen LogP contribution in [-0.4, -0.2) is 47.4 Å².